The number of carbonyl (C=O) groups excluding carboxylic acids is 1. The lowest BCUT2D eigenvalue weighted by Crippen LogP contribution is -2.29. The zero-order valence-corrected chi connectivity index (χ0v) is 16.5. The lowest BCUT2D eigenvalue weighted by atomic mass is 9.89. The van der Waals surface area contributed by atoms with Crippen molar-refractivity contribution < 1.29 is 9.53 Å². The zero-order valence-electron chi connectivity index (χ0n) is 15.7. The van der Waals surface area contributed by atoms with E-state index in [2.05, 4.69) is 15.5 Å². The van der Waals surface area contributed by atoms with Gasteiger partial charge in [0.1, 0.15) is 12.4 Å². The number of carbonyl (C=O) groups is 1. The first-order chi connectivity index (χ1) is 13.1. The SMILES string of the molecule is Cc1cccc(OCCNC(=O)CSc2nnc(C3CCCCC3)n2N)c1. The lowest BCUT2D eigenvalue weighted by Gasteiger charge is -2.20. The number of aryl methyl sites for hydroxylation is 1. The van der Waals surface area contributed by atoms with E-state index >= 15 is 0 Å². The number of nitrogens with two attached hydrogens (primary N) is 1. The molecular formula is C19H27N5O2S. The number of hydrogen-bond donors (Lipinski definition) is 2. The number of benzene rings is 1. The number of aromatic nitrogens is 3. The molecule has 2 aromatic rings. The Hall–Kier alpha value is -2.22. The van der Waals surface area contributed by atoms with Crippen LogP contribution in [-0.2, 0) is 4.79 Å². The monoisotopic (exact) mass is 389 g/mol. The van der Waals surface area contributed by atoms with Crippen LogP contribution in [-0.4, -0.2) is 39.7 Å². The lowest BCUT2D eigenvalue weighted by molar-refractivity contribution is -0.118. The van der Waals surface area contributed by atoms with Gasteiger partial charge < -0.3 is 15.9 Å². The molecule has 0 atom stereocenters. The maximum atomic E-state index is 12.0. The molecule has 1 fully saturated rings. The summed E-state index contributed by atoms with van der Waals surface area (Å²) in [6.45, 7) is 2.90. The Balaban J connectivity index is 1.38. The van der Waals surface area contributed by atoms with Crippen LogP contribution in [0.15, 0.2) is 29.4 Å². The van der Waals surface area contributed by atoms with Gasteiger partial charge >= 0.3 is 0 Å². The molecule has 1 saturated carbocycles. The Morgan fingerprint density at radius 3 is 2.93 bits per heavy atom. The molecule has 0 unspecified atom stereocenters. The molecule has 3 N–H and O–H groups in total. The molecule has 1 amide bonds. The second-order valence-corrected chi connectivity index (χ2v) is 7.79. The zero-order chi connectivity index (χ0) is 19.1. The number of rotatable bonds is 8. The minimum atomic E-state index is -0.0740. The number of amides is 1. The molecule has 1 aromatic heterocycles. The summed E-state index contributed by atoms with van der Waals surface area (Å²) < 4.78 is 7.17. The number of thioether (sulfide) groups is 1. The van der Waals surface area contributed by atoms with Crippen LogP contribution >= 0.6 is 11.8 Å². The first-order valence-corrected chi connectivity index (χ1v) is 10.4. The second-order valence-electron chi connectivity index (χ2n) is 6.85. The summed E-state index contributed by atoms with van der Waals surface area (Å²) in [7, 11) is 0. The molecule has 0 saturated heterocycles. The fourth-order valence-corrected chi connectivity index (χ4v) is 3.96. The van der Waals surface area contributed by atoms with Crippen molar-refractivity contribution in [2.45, 2.75) is 50.1 Å². The van der Waals surface area contributed by atoms with E-state index in [1.807, 2.05) is 31.2 Å². The highest BCUT2D eigenvalue weighted by Gasteiger charge is 2.22. The van der Waals surface area contributed by atoms with E-state index in [4.69, 9.17) is 10.6 Å². The minimum Gasteiger partial charge on any atom is -0.492 e. The Labute approximate surface area is 164 Å². The van der Waals surface area contributed by atoms with Gasteiger partial charge in [0.05, 0.1) is 12.3 Å². The van der Waals surface area contributed by atoms with Crippen molar-refractivity contribution in [3.8, 4) is 5.75 Å². The van der Waals surface area contributed by atoms with E-state index in [1.165, 1.54) is 31.0 Å². The molecule has 3 rings (SSSR count). The van der Waals surface area contributed by atoms with Crippen LogP contribution in [0.5, 0.6) is 5.75 Å². The van der Waals surface area contributed by atoms with Gasteiger partial charge in [-0.2, -0.15) is 0 Å². The van der Waals surface area contributed by atoms with Crippen LogP contribution in [0, 0.1) is 6.92 Å². The Kier molecular flexibility index (Phi) is 6.98. The van der Waals surface area contributed by atoms with E-state index in [1.54, 1.807) is 4.68 Å². The van der Waals surface area contributed by atoms with Crippen molar-refractivity contribution >= 4 is 17.7 Å². The summed E-state index contributed by atoms with van der Waals surface area (Å²) in [6.07, 6.45) is 5.94. The summed E-state index contributed by atoms with van der Waals surface area (Å²) in [5, 5.41) is 11.8. The number of nitrogens with zero attached hydrogens (tertiary/aromatic N) is 3. The first-order valence-electron chi connectivity index (χ1n) is 9.43. The third-order valence-corrected chi connectivity index (χ3v) is 5.62. The van der Waals surface area contributed by atoms with Gasteiger partial charge in [-0.1, -0.05) is 43.2 Å². The van der Waals surface area contributed by atoms with Crippen molar-refractivity contribution in [3.63, 3.8) is 0 Å². The molecule has 1 heterocycles. The quantitative estimate of drug-likeness (QED) is 0.409. The second kappa shape index (κ2) is 9.64. The van der Waals surface area contributed by atoms with Crippen molar-refractivity contribution in [2.24, 2.45) is 0 Å². The van der Waals surface area contributed by atoms with Gasteiger partial charge in [-0.3, -0.25) is 4.79 Å². The van der Waals surface area contributed by atoms with Crippen LogP contribution in [0.2, 0.25) is 0 Å². The molecule has 0 bridgehead atoms. The average molecular weight is 390 g/mol. The van der Waals surface area contributed by atoms with Gasteiger partial charge in [0, 0.05) is 5.92 Å². The predicted octanol–water partition coefficient (Wildman–Crippen LogP) is 2.64. The fourth-order valence-electron chi connectivity index (χ4n) is 3.27. The molecule has 1 aliphatic carbocycles. The van der Waals surface area contributed by atoms with Crippen LogP contribution in [0.4, 0.5) is 0 Å². The van der Waals surface area contributed by atoms with Crippen molar-refractivity contribution in [1.29, 1.82) is 0 Å². The summed E-state index contributed by atoms with van der Waals surface area (Å²) in [5.41, 5.74) is 1.14. The molecule has 8 heteroatoms. The molecule has 27 heavy (non-hydrogen) atoms. The largest absolute Gasteiger partial charge is 0.492 e. The topological polar surface area (TPSA) is 95.1 Å². The molecule has 0 spiro atoms. The third-order valence-electron chi connectivity index (χ3n) is 4.68. The molecule has 0 radical (unpaired) electrons. The molecular weight excluding hydrogens is 362 g/mol. The first kappa shape index (κ1) is 19.5. The van der Waals surface area contributed by atoms with Gasteiger partial charge in [-0.25, -0.2) is 4.68 Å². The van der Waals surface area contributed by atoms with Gasteiger partial charge in [-0.05, 0) is 37.5 Å². The predicted molar refractivity (Wildman–Crippen MR) is 106 cm³/mol. The fraction of sp³-hybridized carbons (Fsp3) is 0.526. The highest BCUT2D eigenvalue weighted by atomic mass is 32.2. The highest BCUT2D eigenvalue weighted by molar-refractivity contribution is 7.99. The van der Waals surface area contributed by atoms with E-state index in [0.717, 1.165) is 30.0 Å². The third kappa shape index (κ3) is 5.63. The van der Waals surface area contributed by atoms with E-state index < -0.39 is 0 Å². The standard InChI is InChI=1S/C19H27N5O2S/c1-14-6-5-9-16(12-14)26-11-10-21-17(25)13-27-19-23-22-18(24(19)20)15-7-3-2-4-8-15/h5-6,9,12,15H,2-4,7-8,10-11,13,20H2,1H3,(H,21,25). The van der Waals surface area contributed by atoms with Crippen LogP contribution in [0.25, 0.3) is 0 Å². The van der Waals surface area contributed by atoms with Gasteiger partial charge in [0.2, 0.25) is 11.1 Å². The maximum Gasteiger partial charge on any atom is 0.230 e. The summed E-state index contributed by atoms with van der Waals surface area (Å²) in [5.74, 6) is 8.35. The van der Waals surface area contributed by atoms with Crippen molar-refractivity contribution in [3.05, 3.63) is 35.7 Å². The highest BCUT2D eigenvalue weighted by Crippen LogP contribution is 2.32. The number of hydrogen-bond acceptors (Lipinski definition) is 6. The van der Waals surface area contributed by atoms with Crippen molar-refractivity contribution in [1.82, 2.24) is 20.2 Å². The maximum absolute atomic E-state index is 12.0. The Morgan fingerprint density at radius 2 is 2.15 bits per heavy atom. The minimum absolute atomic E-state index is 0.0740. The van der Waals surface area contributed by atoms with Gasteiger partial charge in [-0.15, -0.1) is 10.2 Å². The molecule has 7 nitrogen and oxygen atoms in total. The van der Waals surface area contributed by atoms with Crippen LogP contribution in [0.1, 0.15) is 49.4 Å². The smallest absolute Gasteiger partial charge is 0.230 e. The Bertz CT molecular complexity index is 758. The summed E-state index contributed by atoms with van der Waals surface area (Å²) in [4.78, 5) is 12.0. The molecule has 1 aromatic carbocycles. The van der Waals surface area contributed by atoms with Gasteiger partial charge in [0.25, 0.3) is 0 Å². The normalized spacial score (nSPS) is 14.9. The Morgan fingerprint density at radius 1 is 1.33 bits per heavy atom. The van der Waals surface area contributed by atoms with Crippen LogP contribution in [0.3, 0.4) is 0 Å². The number of ether oxygens (including phenoxy) is 1. The van der Waals surface area contributed by atoms with Crippen molar-refractivity contribution in [2.75, 3.05) is 24.7 Å². The average Bonchev–Trinajstić information content (AvgIpc) is 3.05. The number of nitrogens with one attached hydrogen (secondary N) is 1. The molecule has 0 aliphatic heterocycles. The summed E-state index contributed by atoms with van der Waals surface area (Å²) in [6, 6.07) is 7.84. The molecule has 1 aliphatic rings. The van der Waals surface area contributed by atoms with Gasteiger partial charge in [0.15, 0.2) is 5.82 Å². The van der Waals surface area contributed by atoms with E-state index in [9.17, 15) is 4.79 Å². The van der Waals surface area contributed by atoms with E-state index in [-0.39, 0.29) is 11.7 Å². The van der Waals surface area contributed by atoms with Crippen LogP contribution < -0.4 is 15.9 Å². The molecule has 146 valence electrons. The van der Waals surface area contributed by atoms with E-state index in [0.29, 0.717) is 24.2 Å². The summed E-state index contributed by atoms with van der Waals surface area (Å²) >= 11 is 1.31. The number of nitrogen functional groups attached to an aromatic ring is 1.